The molecule has 0 bridgehead atoms. The van der Waals surface area contributed by atoms with Crippen molar-refractivity contribution in [2.75, 3.05) is 22.9 Å². The van der Waals surface area contributed by atoms with Crippen molar-refractivity contribution in [1.82, 2.24) is 0 Å². The van der Waals surface area contributed by atoms with Gasteiger partial charge in [0, 0.05) is 24.2 Å². The Kier molecular flexibility index (Phi) is 9.07. The number of nitrogens with zero attached hydrogens (tertiary/aromatic N) is 2. The first kappa shape index (κ1) is 29.6. The van der Waals surface area contributed by atoms with Crippen LogP contribution in [-0.2, 0) is 9.59 Å². The van der Waals surface area contributed by atoms with E-state index in [1.807, 2.05) is 46.2 Å². The van der Waals surface area contributed by atoms with E-state index in [0.717, 1.165) is 96.1 Å². The summed E-state index contributed by atoms with van der Waals surface area (Å²) in [6.07, 6.45) is 8.62. The molecule has 0 fully saturated rings. The summed E-state index contributed by atoms with van der Waals surface area (Å²) >= 11 is 0. The number of fused-ring (bicyclic) bond motifs is 2. The van der Waals surface area contributed by atoms with Gasteiger partial charge in [-0.25, -0.2) is 0 Å². The maximum Gasteiger partial charge on any atom is 0.259 e. The van der Waals surface area contributed by atoms with Crippen LogP contribution in [-0.4, -0.2) is 24.9 Å². The van der Waals surface area contributed by atoms with E-state index in [0.29, 0.717) is 24.2 Å². The summed E-state index contributed by atoms with van der Waals surface area (Å²) in [6, 6.07) is 33.1. The van der Waals surface area contributed by atoms with Gasteiger partial charge >= 0.3 is 0 Å². The van der Waals surface area contributed by atoms with Gasteiger partial charge in [-0.1, -0.05) is 125 Å². The molecule has 0 saturated heterocycles. The number of unbranched alkanes of at least 4 members (excludes halogenated alkanes) is 6. The molecule has 4 nitrogen and oxygen atoms in total. The normalized spacial score (nSPS) is 15.7. The molecule has 0 aromatic heterocycles. The predicted octanol–water partition coefficient (Wildman–Crippen LogP) is 9.79. The highest BCUT2D eigenvalue weighted by atomic mass is 16.2. The Labute approximate surface area is 262 Å². The van der Waals surface area contributed by atoms with Crippen LogP contribution in [0.1, 0.15) is 76.3 Å². The van der Waals surface area contributed by atoms with Crippen LogP contribution in [0, 0.1) is 0 Å². The zero-order valence-corrected chi connectivity index (χ0v) is 26.0. The predicted molar refractivity (Wildman–Crippen MR) is 184 cm³/mol. The number of carbonyl (C=O) groups excluding carboxylic acids is 2. The van der Waals surface area contributed by atoms with Crippen LogP contribution in [0.15, 0.2) is 97.1 Å². The monoisotopic (exact) mass is 582 g/mol. The molecular weight excluding hydrogens is 540 g/mol. The zero-order valence-electron chi connectivity index (χ0n) is 26.0. The van der Waals surface area contributed by atoms with Crippen molar-refractivity contribution >= 4 is 34.3 Å². The van der Waals surface area contributed by atoms with Crippen molar-refractivity contribution in [2.45, 2.75) is 65.2 Å². The van der Waals surface area contributed by atoms with E-state index in [4.69, 9.17) is 0 Å². The average molecular weight is 583 g/mol. The Morgan fingerprint density at radius 3 is 1.25 bits per heavy atom. The summed E-state index contributed by atoms with van der Waals surface area (Å²) in [6.45, 7) is 5.70. The third-order valence-corrected chi connectivity index (χ3v) is 8.97. The van der Waals surface area contributed by atoms with Gasteiger partial charge in [-0.15, -0.1) is 0 Å². The summed E-state index contributed by atoms with van der Waals surface area (Å²) in [5, 5.41) is 0. The fourth-order valence-corrected chi connectivity index (χ4v) is 6.60. The van der Waals surface area contributed by atoms with E-state index < -0.39 is 0 Å². The number of hydrogen-bond acceptors (Lipinski definition) is 2. The second-order valence-electron chi connectivity index (χ2n) is 12.0. The molecule has 6 rings (SSSR count). The van der Waals surface area contributed by atoms with E-state index in [9.17, 15) is 9.59 Å². The number of benzene rings is 4. The molecule has 2 aliphatic heterocycles. The molecule has 0 atom stereocenters. The largest absolute Gasteiger partial charge is 0.308 e. The number of amides is 2. The third-order valence-electron chi connectivity index (χ3n) is 8.97. The van der Waals surface area contributed by atoms with Crippen LogP contribution >= 0.6 is 0 Å². The molecule has 2 heterocycles. The minimum absolute atomic E-state index is 0.0612. The molecular formula is C40H42N2O2. The smallest absolute Gasteiger partial charge is 0.259 e. The van der Waals surface area contributed by atoms with Crippen LogP contribution in [0.2, 0.25) is 0 Å². The minimum atomic E-state index is -0.0612. The van der Waals surface area contributed by atoms with Crippen molar-refractivity contribution in [1.29, 1.82) is 0 Å². The lowest BCUT2D eigenvalue weighted by Gasteiger charge is -2.17. The number of carbonyl (C=O) groups is 2. The Balaban J connectivity index is 1.51. The Morgan fingerprint density at radius 1 is 0.455 bits per heavy atom. The molecule has 224 valence electrons. The quantitative estimate of drug-likeness (QED) is 0.123. The van der Waals surface area contributed by atoms with Crippen LogP contribution < -0.4 is 9.80 Å². The lowest BCUT2D eigenvalue weighted by molar-refractivity contribution is -0.114. The van der Waals surface area contributed by atoms with Crippen molar-refractivity contribution in [2.24, 2.45) is 0 Å². The van der Waals surface area contributed by atoms with Crippen molar-refractivity contribution in [3.8, 4) is 22.3 Å². The number of anilines is 2. The molecule has 0 spiro atoms. The van der Waals surface area contributed by atoms with Gasteiger partial charge in [-0.05, 0) is 59.4 Å². The third kappa shape index (κ3) is 5.74. The van der Waals surface area contributed by atoms with Crippen molar-refractivity contribution in [3.05, 3.63) is 108 Å². The SMILES string of the molecule is CCCCCCN1C(=O)/C(=C2\C(=O)N(CCCCCC)c3ccc(-c4ccccc4)cc32)c2cc(-c3ccccc3)ccc21. The second-order valence-corrected chi connectivity index (χ2v) is 12.0. The molecule has 4 aromatic rings. The molecule has 2 aliphatic rings. The van der Waals surface area contributed by atoms with Gasteiger partial charge in [0.05, 0.1) is 22.5 Å². The maximum atomic E-state index is 14.5. The molecule has 44 heavy (non-hydrogen) atoms. The maximum absolute atomic E-state index is 14.5. The summed E-state index contributed by atoms with van der Waals surface area (Å²) in [5.74, 6) is -0.122. The molecule has 2 amide bonds. The van der Waals surface area contributed by atoms with E-state index >= 15 is 0 Å². The molecule has 0 N–H and O–H groups in total. The molecule has 0 aliphatic carbocycles. The van der Waals surface area contributed by atoms with Crippen LogP contribution in [0.5, 0.6) is 0 Å². The Bertz CT molecular complexity index is 1550. The van der Waals surface area contributed by atoms with E-state index in [1.54, 1.807) is 0 Å². The summed E-state index contributed by atoms with van der Waals surface area (Å²) in [4.78, 5) is 32.8. The van der Waals surface area contributed by atoms with E-state index in [2.05, 4.69) is 74.5 Å². The van der Waals surface area contributed by atoms with Gasteiger partial charge in [0.15, 0.2) is 0 Å². The number of hydrogen-bond donors (Lipinski definition) is 0. The van der Waals surface area contributed by atoms with Crippen LogP contribution in [0.4, 0.5) is 11.4 Å². The highest BCUT2D eigenvalue weighted by Gasteiger charge is 2.42. The second kappa shape index (κ2) is 13.5. The van der Waals surface area contributed by atoms with Crippen LogP contribution in [0.25, 0.3) is 33.4 Å². The molecule has 0 radical (unpaired) electrons. The highest BCUT2D eigenvalue weighted by molar-refractivity contribution is 6.50. The first-order valence-electron chi connectivity index (χ1n) is 16.4. The standard InChI is InChI=1S/C40H42N2O2/c1-3-5-7-15-25-41-35-23-21-31(29-17-11-9-12-18-29)27-33(35)37(39(41)43)38-34-28-32(30-19-13-10-14-20-30)22-24-36(34)42(40(38)44)26-16-8-6-4-2/h9-14,17-24,27-28H,3-8,15-16,25-26H2,1-2H3/b38-37-. The zero-order chi connectivity index (χ0) is 30.5. The first-order valence-corrected chi connectivity index (χ1v) is 16.4. The first-order chi connectivity index (χ1) is 21.6. The van der Waals surface area contributed by atoms with Gasteiger partial charge in [-0.3, -0.25) is 9.59 Å². The minimum Gasteiger partial charge on any atom is -0.308 e. The summed E-state index contributed by atoms with van der Waals surface area (Å²) in [5.41, 5.74) is 8.89. The lowest BCUT2D eigenvalue weighted by atomic mass is 9.92. The van der Waals surface area contributed by atoms with Gasteiger partial charge in [-0.2, -0.15) is 0 Å². The van der Waals surface area contributed by atoms with Gasteiger partial charge in [0.1, 0.15) is 0 Å². The van der Waals surface area contributed by atoms with E-state index in [-0.39, 0.29) is 11.8 Å². The fraction of sp³-hybridized carbons (Fsp3) is 0.300. The Morgan fingerprint density at radius 2 is 0.864 bits per heavy atom. The summed E-state index contributed by atoms with van der Waals surface area (Å²) in [7, 11) is 0. The van der Waals surface area contributed by atoms with Crippen molar-refractivity contribution < 1.29 is 9.59 Å². The molecule has 0 saturated carbocycles. The van der Waals surface area contributed by atoms with E-state index in [1.165, 1.54) is 0 Å². The average Bonchev–Trinajstić information content (AvgIpc) is 3.49. The molecule has 4 aromatic carbocycles. The van der Waals surface area contributed by atoms with Crippen molar-refractivity contribution in [3.63, 3.8) is 0 Å². The molecule has 0 unspecified atom stereocenters. The number of rotatable bonds is 12. The summed E-state index contributed by atoms with van der Waals surface area (Å²) < 4.78 is 0. The van der Waals surface area contributed by atoms with Crippen LogP contribution in [0.3, 0.4) is 0 Å². The lowest BCUT2D eigenvalue weighted by Crippen LogP contribution is -2.30. The van der Waals surface area contributed by atoms with Gasteiger partial charge < -0.3 is 9.80 Å². The highest BCUT2D eigenvalue weighted by Crippen LogP contribution is 2.48. The Hall–Kier alpha value is -4.44. The van der Waals surface area contributed by atoms with Gasteiger partial charge in [0.2, 0.25) is 0 Å². The topological polar surface area (TPSA) is 40.6 Å². The fourth-order valence-electron chi connectivity index (χ4n) is 6.60. The molecule has 4 heteroatoms. The van der Waals surface area contributed by atoms with Gasteiger partial charge in [0.25, 0.3) is 11.8 Å².